The Kier molecular flexibility index (Phi) is 4.52. The van der Waals surface area contributed by atoms with E-state index in [1.54, 1.807) is 14.0 Å². The minimum absolute atomic E-state index is 0.0189. The van der Waals surface area contributed by atoms with E-state index in [2.05, 4.69) is 20.8 Å². The fourth-order valence-corrected chi connectivity index (χ4v) is 8.70. The van der Waals surface area contributed by atoms with Crippen LogP contribution in [0.3, 0.4) is 0 Å². The number of aliphatic hydroxyl groups excluding tert-OH is 1. The van der Waals surface area contributed by atoms with E-state index < -0.39 is 0 Å². The number of hydrogen-bond acceptors (Lipinski definition) is 4. The molecule has 4 heteroatoms. The standard InChI is InChI=1S/C23H38O4/c1-15(25)27-19-9-10-21(4)17(20(19,2)3)8-11-22-12-16(6-7-18(21)22)23(13-22,14-24)26-5/h16-19,24H,6-14H2,1-5H3/t16-,17+,18-,19-,21-,22+,23-/m1/s1. The van der Waals surface area contributed by atoms with Crippen molar-refractivity contribution < 1.29 is 19.4 Å². The lowest BCUT2D eigenvalue weighted by molar-refractivity contribution is -0.197. The van der Waals surface area contributed by atoms with Crippen molar-refractivity contribution in [3.05, 3.63) is 0 Å². The van der Waals surface area contributed by atoms with Crippen LogP contribution in [-0.4, -0.2) is 36.5 Å². The fourth-order valence-electron chi connectivity index (χ4n) is 8.70. The van der Waals surface area contributed by atoms with Crippen molar-refractivity contribution in [2.24, 2.45) is 34.0 Å². The highest BCUT2D eigenvalue weighted by molar-refractivity contribution is 5.66. The Morgan fingerprint density at radius 3 is 2.44 bits per heavy atom. The minimum atomic E-state index is -0.317. The van der Waals surface area contributed by atoms with Crippen LogP contribution in [0.4, 0.5) is 0 Å². The van der Waals surface area contributed by atoms with Crippen LogP contribution in [0.5, 0.6) is 0 Å². The van der Waals surface area contributed by atoms with Gasteiger partial charge in [-0.25, -0.2) is 0 Å². The Hall–Kier alpha value is -0.610. The Morgan fingerprint density at radius 2 is 1.81 bits per heavy atom. The third kappa shape index (κ3) is 2.58. The molecule has 4 aliphatic carbocycles. The van der Waals surface area contributed by atoms with E-state index in [1.165, 1.54) is 32.1 Å². The molecule has 0 aliphatic heterocycles. The molecule has 2 bridgehead atoms. The molecule has 4 fully saturated rings. The van der Waals surface area contributed by atoms with Gasteiger partial charge in [0.2, 0.25) is 0 Å². The van der Waals surface area contributed by atoms with Gasteiger partial charge < -0.3 is 14.6 Å². The fraction of sp³-hybridized carbons (Fsp3) is 0.957. The molecule has 0 saturated heterocycles. The third-order valence-corrected chi connectivity index (χ3v) is 9.77. The van der Waals surface area contributed by atoms with Gasteiger partial charge in [-0.2, -0.15) is 0 Å². The molecule has 4 aliphatic rings. The van der Waals surface area contributed by atoms with Crippen molar-refractivity contribution in [3.63, 3.8) is 0 Å². The maximum Gasteiger partial charge on any atom is 0.302 e. The first-order valence-electron chi connectivity index (χ1n) is 11.0. The Balaban J connectivity index is 1.66. The normalized spacial score (nSPS) is 50.6. The first-order valence-corrected chi connectivity index (χ1v) is 11.0. The van der Waals surface area contributed by atoms with Crippen molar-refractivity contribution >= 4 is 5.97 Å². The molecule has 0 amide bonds. The lowest BCUT2D eigenvalue weighted by Crippen LogP contribution is -2.59. The SMILES string of the molecule is CO[C@@]1(CO)C[C@@]23CC[C@H]4C(C)(C)[C@H](OC(C)=O)CC[C@@]4(C)[C@H]2CC[C@@H]1C3. The van der Waals surface area contributed by atoms with Crippen LogP contribution >= 0.6 is 0 Å². The smallest absolute Gasteiger partial charge is 0.302 e. The summed E-state index contributed by atoms with van der Waals surface area (Å²) >= 11 is 0. The Labute approximate surface area is 164 Å². The van der Waals surface area contributed by atoms with E-state index in [1.807, 2.05) is 0 Å². The average molecular weight is 379 g/mol. The zero-order valence-electron chi connectivity index (χ0n) is 17.8. The van der Waals surface area contributed by atoms with Crippen LogP contribution in [-0.2, 0) is 14.3 Å². The second-order valence-electron chi connectivity index (χ2n) is 11.1. The molecule has 0 heterocycles. The zero-order chi connectivity index (χ0) is 19.7. The van der Waals surface area contributed by atoms with Crippen LogP contribution in [0.15, 0.2) is 0 Å². The summed E-state index contributed by atoms with van der Waals surface area (Å²) in [7, 11) is 1.79. The largest absolute Gasteiger partial charge is 0.462 e. The molecule has 1 N–H and O–H groups in total. The predicted molar refractivity (Wildman–Crippen MR) is 104 cm³/mol. The van der Waals surface area contributed by atoms with Gasteiger partial charge >= 0.3 is 5.97 Å². The van der Waals surface area contributed by atoms with E-state index in [0.717, 1.165) is 19.3 Å². The van der Waals surface area contributed by atoms with Gasteiger partial charge in [-0.3, -0.25) is 4.79 Å². The van der Waals surface area contributed by atoms with Crippen molar-refractivity contribution in [1.82, 2.24) is 0 Å². The summed E-state index contributed by atoms with van der Waals surface area (Å²) in [6, 6.07) is 0. The Morgan fingerprint density at radius 1 is 1.07 bits per heavy atom. The molecular formula is C23H38O4. The molecule has 4 saturated carbocycles. The second kappa shape index (κ2) is 6.19. The molecule has 1 spiro atoms. The molecular weight excluding hydrogens is 340 g/mol. The molecule has 154 valence electrons. The first-order chi connectivity index (χ1) is 12.6. The van der Waals surface area contributed by atoms with Gasteiger partial charge in [0.1, 0.15) is 6.10 Å². The monoisotopic (exact) mass is 378 g/mol. The van der Waals surface area contributed by atoms with E-state index in [0.29, 0.717) is 28.6 Å². The van der Waals surface area contributed by atoms with Crippen LogP contribution in [0.2, 0.25) is 0 Å². The van der Waals surface area contributed by atoms with Gasteiger partial charge in [0.15, 0.2) is 0 Å². The molecule has 0 radical (unpaired) electrons. The second-order valence-corrected chi connectivity index (χ2v) is 11.1. The number of esters is 1. The topological polar surface area (TPSA) is 55.8 Å². The van der Waals surface area contributed by atoms with Crippen molar-refractivity contribution in [3.8, 4) is 0 Å². The summed E-state index contributed by atoms with van der Waals surface area (Å²) in [5.41, 5.74) is 0.327. The van der Waals surface area contributed by atoms with Crippen molar-refractivity contribution in [1.29, 1.82) is 0 Å². The highest BCUT2D eigenvalue weighted by Gasteiger charge is 2.68. The minimum Gasteiger partial charge on any atom is -0.462 e. The van der Waals surface area contributed by atoms with E-state index in [-0.39, 0.29) is 29.7 Å². The van der Waals surface area contributed by atoms with Crippen LogP contribution in [0.1, 0.15) is 79.1 Å². The summed E-state index contributed by atoms with van der Waals surface area (Å²) in [4.78, 5) is 11.6. The van der Waals surface area contributed by atoms with E-state index in [4.69, 9.17) is 9.47 Å². The van der Waals surface area contributed by atoms with Gasteiger partial charge in [-0.05, 0) is 80.0 Å². The molecule has 0 aromatic carbocycles. The average Bonchev–Trinajstić information content (AvgIpc) is 2.84. The van der Waals surface area contributed by atoms with Gasteiger partial charge in [-0.15, -0.1) is 0 Å². The van der Waals surface area contributed by atoms with Crippen molar-refractivity contribution in [2.75, 3.05) is 13.7 Å². The summed E-state index contributed by atoms with van der Waals surface area (Å²) in [6.45, 7) is 8.88. The maximum atomic E-state index is 11.6. The van der Waals surface area contributed by atoms with Crippen LogP contribution in [0, 0.1) is 34.0 Å². The van der Waals surface area contributed by atoms with Crippen LogP contribution < -0.4 is 0 Å². The summed E-state index contributed by atoms with van der Waals surface area (Å²) in [5, 5.41) is 10.2. The number of hydrogen-bond donors (Lipinski definition) is 1. The highest BCUT2D eigenvalue weighted by atomic mass is 16.5. The van der Waals surface area contributed by atoms with Gasteiger partial charge in [0.25, 0.3) is 0 Å². The van der Waals surface area contributed by atoms with Gasteiger partial charge in [0, 0.05) is 19.4 Å². The number of rotatable bonds is 3. The van der Waals surface area contributed by atoms with Crippen LogP contribution in [0.25, 0.3) is 0 Å². The van der Waals surface area contributed by atoms with E-state index in [9.17, 15) is 9.90 Å². The summed E-state index contributed by atoms with van der Waals surface area (Å²) in [6.07, 6.45) is 9.29. The summed E-state index contributed by atoms with van der Waals surface area (Å²) < 4.78 is 11.7. The molecule has 0 aromatic heterocycles. The number of methoxy groups -OCH3 is 1. The lowest BCUT2D eigenvalue weighted by atomic mass is 9.41. The molecule has 7 atom stereocenters. The number of carbonyl (C=O) groups excluding carboxylic acids is 1. The Bertz CT molecular complexity index is 609. The maximum absolute atomic E-state index is 11.6. The van der Waals surface area contributed by atoms with Gasteiger partial charge in [-0.1, -0.05) is 20.8 Å². The number of carbonyl (C=O) groups is 1. The van der Waals surface area contributed by atoms with E-state index >= 15 is 0 Å². The molecule has 4 rings (SSSR count). The van der Waals surface area contributed by atoms with Crippen molar-refractivity contribution in [2.45, 2.75) is 90.8 Å². The number of aliphatic hydroxyl groups is 1. The van der Waals surface area contributed by atoms with Gasteiger partial charge in [0.05, 0.1) is 12.2 Å². The summed E-state index contributed by atoms with van der Waals surface area (Å²) in [5.74, 6) is 1.64. The lowest BCUT2D eigenvalue weighted by Gasteiger charge is -2.65. The third-order valence-electron chi connectivity index (χ3n) is 9.77. The molecule has 0 unspecified atom stereocenters. The molecule has 4 nitrogen and oxygen atoms in total. The number of ether oxygens (including phenoxy) is 2. The zero-order valence-corrected chi connectivity index (χ0v) is 17.8. The quantitative estimate of drug-likeness (QED) is 0.742. The predicted octanol–water partition coefficient (Wildman–Crippen LogP) is 4.34. The number of fused-ring (bicyclic) bond motifs is 3. The molecule has 0 aromatic rings. The highest BCUT2D eigenvalue weighted by Crippen LogP contribution is 2.73. The molecule has 27 heavy (non-hydrogen) atoms. The first kappa shape index (κ1) is 19.7.